The first kappa shape index (κ1) is 18.8. The van der Waals surface area contributed by atoms with E-state index in [1.165, 1.54) is 18.7 Å². The summed E-state index contributed by atoms with van der Waals surface area (Å²) in [6.45, 7) is 3.25. The third kappa shape index (κ3) is 5.27. The lowest BCUT2D eigenvalue weighted by atomic mass is 10.1. The standard InChI is InChI=1S/C20H19N3O3S/c1-13(24)16-9-6-10-17(12-16)21-19(25)14(2)27-20-23-22-18(26-20)11-15-7-4-3-5-8-15/h3-10,12,14H,11H2,1-2H3,(H,21,25)/t14-/m1/s1. The average molecular weight is 381 g/mol. The number of hydrogen-bond acceptors (Lipinski definition) is 6. The van der Waals surface area contributed by atoms with Crippen molar-refractivity contribution in [2.75, 3.05) is 5.32 Å². The van der Waals surface area contributed by atoms with Crippen LogP contribution >= 0.6 is 11.8 Å². The third-order valence-corrected chi connectivity index (χ3v) is 4.76. The maximum absolute atomic E-state index is 12.4. The molecule has 0 fully saturated rings. The van der Waals surface area contributed by atoms with Crippen molar-refractivity contribution in [3.05, 3.63) is 71.6 Å². The van der Waals surface area contributed by atoms with Crippen LogP contribution < -0.4 is 5.32 Å². The van der Waals surface area contributed by atoms with Crippen molar-refractivity contribution in [2.45, 2.75) is 30.7 Å². The lowest BCUT2D eigenvalue weighted by Crippen LogP contribution is -2.22. The number of rotatable bonds is 7. The number of nitrogens with zero attached hydrogens (tertiary/aromatic N) is 2. The molecule has 1 heterocycles. The fourth-order valence-corrected chi connectivity index (χ4v) is 3.09. The fraction of sp³-hybridized carbons (Fsp3) is 0.200. The Kier molecular flexibility index (Phi) is 6.03. The molecule has 0 bridgehead atoms. The summed E-state index contributed by atoms with van der Waals surface area (Å²) in [5.74, 6) is 0.249. The van der Waals surface area contributed by atoms with Crippen LogP contribution in [0.15, 0.2) is 64.2 Å². The van der Waals surface area contributed by atoms with Crippen molar-refractivity contribution in [1.82, 2.24) is 10.2 Å². The summed E-state index contributed by atoms with van der Waals surface area (Å²) in [5, 5.41) is 10.7. The number of carbonyl (C=O) groups is 2. The number of amides is 1. The molecule has 0 aliphatic rings. The van der Waals surface area contributed by atoms with Gasteiger partial charge in [-0.05, 0) is 31.5 Å². The molecule has 3 rings (SSSR count). The summed E-state index contributed by atoms with van der Waals surface area (Å²) in [6, 6.07) is 16.7. The SMILES string of the molecule is CC(=O)c1cccc(NC(=O)[C@@H](C)Sc2nnc(Cc3ccccc3)o2)c1. The van der Waals surface area contributed by atoms with Gasteiger partial charge in [-0.25, -0.2) is 0 Å². The highest BCUT2D eigenvalue weighted by Gasteiger charge is 2.19. The van der Waals surface area contributed by atoms with Gasteiger partial charge in [-0.15, -0.1) is 10.2 Å². The Hall–Kier alpha value is -2.93. The molecule has 2 aromatic carbocycles. The van der Waals surface area contributed by atoms with Crippen LogP contribution in [0.5, 0.6) is 0 Å². The van der Waals surface area contributed by atoms with Gasteiger partial charge in [-0.1, -0.05) is 54.2 Å². The molecule has 0 saturated heterocycles. The van der Waals surface area contributed by atoms with Gasteiger partial charge in [0.1, 0.15) is 0 Å². The number of thioether (sulfide) groups is 1. The van der Waals surface area contributed by atoms with E-state index < -0.39 is 5.25 Å². The molecule has 0 radical (unpaired) electrons. The van der Waals surface area contributed by atoms with Gasteiger partial charge >= 0.3 is 0 Å². The molecule has 0 saturated carbocycles. The second kappa shape index (κ2) is 8.64. The van der Waals surface area contributed by atoms with E-state index in [2.05, 4.69) is 15.5 Å². The molecule has 3 aromatic rings. The minimum absolute atomic E-state index is 0.0506. The number of benzene rings is 2. The summed E-state index contributed by atoms with van der Waals surface area (Å²) in [5.41, 5.74) is 2.21. The predicted octanol–water partition coefficient (Wildman–Crippen LogP) is 3.98. The Labute approximate surface area is 161 Å². The van der Waals surface area contributed by atoms with E-state index in [4.69, 9.17) is 4.42 Å². The smallest absolute Gasteiger partial charge is 0.277 e. The Bertz CT molecular complexity index is 940. The first-order valence-corrected chi connectivity index (χ1v) is 9.34. The minimum atomic E-state index is -0.434. The zero-order valence-electron chi connectivity index (χ0n) is 15.0. The van der Waals surface area contributed by atoms with Crippen molar-refractivity contribution < 1.29 is 14.0 Å². The zero-order valence-corrected chi connectivity index (χ0v) is 15.8. The number of nitrogens with one attached hydrogen (secondary N) is 1. The molecular formula is C20H19N3O3S. The highest BCUT2D eigenvalue weighted by Crippen LogP contribution is 2.24. The number of Topliss-reactive ketones (excluding diaryl/α,β-unsaturated/α-hetero) is 1. The van der Waals surface area contributed by atoms with Crippen LogP contribution in [0.4, 0.5) is 5.69 Å². The van der Waals surface area contributed by atoms with Crippen LogP contribution in [0, 0.1) is 0 Å². The Balaban J connectivity index is 1.58. The highest BCUT2D eigenvalue weighted by molar-refractivity contribution is 8.00. The molecule has 1 N–H and O–H groups in total. The molecular weight excluding hydrogens is 362 g/mol. The molecule has 0 unspecified atom stereocenters. The van der Waals surface area contributed by atoms with E-state index in [0.717, 1.165) is 5.56 Å². The van der Waals surface area contributed by atoms with Crippen molar-refractivity contribution in [3.8, 4) is 0 Å². The quantitative estimate of drug-likeness (QED) is 0.492. The molecule has 27 heavy (non-hydrogen) atoms. The van der Waals surface area contributed by atoms with Crippen molar-refractivity contribution in [2.24, 2.45) is 0 Å². The second-order valence-electron chi connectivity index (χ2n) is 6.01. The molecule has 7 heteroatoms. The van der Waals surface area contributed by atoms with E-state index in [-0.39, 0.29) is 11.7 Å². The highest BCUT2D eigenvalue weighted by atomic mass is 32.2. The van der Waals surface area contributed by atoms with Gasteiger partial charge in [0.2, 0.25) is 11.8 Å². The predicted molar refractivity (Wildman–Crippen MR) is 104 cm³/mol. The summed E-state index contributed by atoms with van der Waals surface area (Å²) in [4.78, 5) is 23.8. The van der Waals surface area contributed by atoms with Crippen molar-refractivity contribution in [3.63, 3.8) is 0 Å². The molecule has 6 nitrogen and oxygen atoms in total. The van der Waals surface area contributed by atoms with Crippen LogP contribution in [-0.4, -0.2) is 27.1 Å². The molecule has 138 valence electrons. The van der Waals surface area contributed by atoms with Crippen LogP contribution in [0.25, 0.3) is 0 Å². The van der Waals surface area contributed by atoms with E-state index >= 15 is 0 Å². The summed E-state index contributed by atoms with van der Waals surface area (Å²) in [7, 11) is 0. The Morgan fingerprint density at radius 3 is 2.63 bits per heavy atom. The van der Waals surface area contributed by atoms with Gasteiger partial charge in [0.25, 0.3) is 5.22 Å². The Morgan fingerprint density at radius 2 is 1.89 bits per heavy atom. The normalized spacial score (nSPS) is 11.8. The fourth-order valence-electron chi connectivity index (χ4n) is 2.39. The Morgan fingerprint density at radius 1 is 1.11 bits per heavy atom. The van der Waals surface area contributed by atoms with E-state index in [0.29, 0.717) is 28.8 Å². The monoisotopic (exact) mass is 381 g/mol. The molecule has 0 spiro atoms. The van der Waals surface area contributed by atoms with Crippen LogP contribution in [0.2, 0.25) is 0 Å². The maximum Gasteiger partial charge on any atom is 0.277 e. The molecule has 1 amide bonds. The molecule has 0 aliphatic heterocycles. The van der Waals surface area contributed by atoms with Gasteiger partial charge in [-0.3, -0.25) is 9.59 Å². The van der Waals surface area contributed by atoms with E-state index in [1.807, 2.05) is 30.3 Å². The summed E-state index contributed by atoms with van der Waals surface area (Å²) < 4.78 is 5.63. The van der Waals surface area contributed by atoms with Crippen molar-refractivity contribution in [1.29, 1.82) is 0 Å². The number of carbonyl (C=O) groups excluding carboxylic acids is 2. The number of ketones is 1. The van der Waals surface area contributed by atoms with E-state index in [9.17, 15) is 9.59 Å². The average Bonchev–Trinajstić information content (AvgIpc) is 3.09. The van der Waals surface area contributed by atoms with Crippen LogP contribution in [0.3, 0.4) is 0 Å². The first-order chi connectivity index (χ1) is 13.0. The minimum Gasteiger partial charge on any atom is -0.416 e. The lowest BCUT2D eigenvalue weighted by molar-refractivity contribution is -0.115. The van der Waals surface area contributed by atoms with Gasteiger partial charge in [0.15, 0.2) is 5.78 Å². The largest absolute Gasteiger partial charge is 0.416 e. The second-order valence-corrected chi connectivity index (χ2v) is 7.30. The van der Waals surface area contributed by atoms with Crippen LogP contribution in [-0.2, 0) is 11.2 Å². The van der Waals surface area contributed by atoms with Gasteiger partial charge in [0, 0.05) is 11.3 Å². The van der Waals surface area contributed by atoms with Gasteiger partial charge in [0.05, 0.1) is 11.7 Å². The summed E-state index contributed by atoms with van der Waals surface area (Å²) >= 11 is 1.19. The number of hydrogen-bond donors (Lipinski definition) is 1. The molecule has 0 aliphatic carbocycles. The topological polar surface area (TPSA) is 85.1 Å². The van der Waals surface area contributed by atoms with Gasteiger partial charge in [-0.2, -0.15) is 0 Å². The third-order valence-electron chi connectivity index (χ3n) is 3.83. The first-order valence-electron chi connectivity index (χ1n) is 8.46. The maximum atomic E-state index is 12.4. The zero-order chi connectivity index (χ0) is 19.2. The number of aromatic nitrogens is 2. The summed E-state index contributed by atoms with van der Waals surface area (Å²) in [6.07, 6.45) is 0.548. The van der Waals surface area contributed by atoms with Crippen LogP contribution in [0.1, 0.15) is 35.7 Å². The van der Waals surface area contributed by atoms with Crippen molar-refractivity contribution >= 4 is 29.1 Å². The number of anilines is 1. The van der Waals surface area contributed by atoms with Gasteiger partial charge < -0.3 is 9.73 Å². The van der Waals surface area contributed by atoms with E-state index in [1.54, 1.807) is 31.2 Å². The lowest BCUT2D eigenvalue weighted by Gasteiger charge is -2.10. The molecule has 1 atom stereocenters. The molecule has 1 aromatic heterocycles.